The maximum atomic E-state index is 11.9. The number of ether oxygens (including phenoxy) is 1. The molecule has 1 heterocycles. The lowest BCUT2D eigenvalue weighted by atomic mass is 10.2. The molecule has 7 heteroatoms. The van der Waals surface area contributed by atoms with Crippen molar-refractivity contribution in [1.29, 1.82) is 0 Å². The van der Waals surface area contributed by atoms with Crippen LogP contribution in [0.25, 0.3) is 10.9 Å². The third-order valence-electron chi connectivity index (χ3n) is 2.62. The summed E-state index contributed by atoms with van der Waals surface area (Å²) < 4.78 is 41.1. The van der Waals surface area contributed by atoms with Crippen molar-refractivity contribution < 1.29 is 22.7 Å². The minimum absolute atomic E-state index is 0.0163. The normalized spacial score (nSPS) is 10.7. The number of benzene rings is 1. The van der Waals surface area contributed by atoms with Crippen molar-refractivity contribution in [2.24, 2.45) is 0 Å². The predicted molar refractivity (Wildman–Crippen MR) is 74.1 cm³/mol. The van der Waals surface area contributed by atoms with Crippen molar-refractivity contribution in [3.63, 3.8) is 0 Å². The molecule has 0 unspecified atom stereocenters. The standard InChI is InChI=1S/C15H11F3N2O2/c16-15(17,18)14(21)20-8-1-2-10-22-12-7-3-5-11-6-4-9-19-13(11)12/h3-7,9H,8,10H2,(H,20,21). The Bertz CT molecular complexity index is 727. The lowest BCUT2D eigenvalue weighted by molar-refractivity contribution is -0.173. The van der Waals surface area contributed by atoms with E-state index in [9.17, 15) is 18.0 Å². The molecule has 114 valence electrons. The van der Waals surface area contributed by atoms with Crippen LogP contribution >= 0.6 is 0 Å². The van der Waals surface area contributed by atoms with Gasteiger partial charge in [-0.25, -0.2) is 0 Å². The van der Waals surface area contributed by atoms with Gasteiger partial charge in [0.2, 0.25) is 0 Å². The maximum absolute atomic E-state index is 11.9. The van der Waals surface area contributed by atoms with Crippen LogP contribution in [0, 0.1) is 11.8 Å². The van der Waals surface area contributed by atoms with Gasteiger partial charge in [-0.3, -0.25) is 9.78 Å². The van der Waals surface area contributed by atoms with E-state index in [2.05, 4.69) is 16.8 Å². The second-order valence-corrected chi connectivity index (χ2v) is 4.15. The number of carbonyl (C=O) groups excluding carboxylic acids is 1. The smallest absolute Gasteiger partial charge is 0.471 e. The molecule has 0 spiro atoms. The number of amides is 1. The summed E-state index contributed by atoms with van der Waals surface area (Å²) in [7, 11) is 0. The topological polar surface area (TPSA) is 51.2 Å². The number of hydrogen-bond acceptors (Lipinski definition) is 3. The first-order chi connectivity index (χ1) is 10.5. The second kappa shape index (κ2) is 6.80. The van der Waals surface area contributed by atoms with Gasteiger partial charge in [-0.15, -0.1) is 0 Å². The summed E-state index contributed by atoms with van der Waals surface area (Å²) in [5.41, 5.74) is 0.678. The van der Waals surface area contributed by atoms with Crippen molar-refractivity contribution in [3.05, 3.63) is 36.5 Å². The summed E-state index contributed by atoms with van der Waals surface area (Å²) in [6, 6.07) is 9.09. The summed E-state index contributed by atoms with van der Waals surface area (Å²) in [5, 5.41) is 2.55. The van der Waals surface area contributed by atoms with Gasteiger partial charge in [-0.2, -0.15) is 13.2 Å². The van der Waals surface area contributed by atoms with Crippen LogP contribution < -0.4 is 10.1 Å². The van der Waals surface area contributed by atoms with Crippen molar-refractivity contribution in [2.75, 3.05) is 13.2 Å². The van der Waals surface area contributed by atoms with E-state index in [4.69, 9.17) is 4.74 Å². The van der Waals surface area contributed by atoms with E-state index < -0.39 is 18.6 Å². The molecule has 2 aromatic rings. The average molecular weight is 308 g/mol. The van der Waals surface area contributed by atoms with Gasteiger partial charge >= 0.3 is 12.1 Å². The van der Waals surface area contributed by atoms with Gasteiger partial charge in [0.05, 0.1) is 6.54 Å². The Kier molecular flexibility index (Phi) is 4.84. The molecular formula is C15H11F3N2O2. The summed E-state index contributed by atoms with van der Waals surface area (Å²) in [6.07, 6.45) is -3.26. The van der Waals surface area contributed by atoms with E-state index in [0.29, 0.717) is 11.3 Å². The molecule has 1 aromatic carbocycles. The predicted octanol–water partition coefficient (Wildman–Crippen LogP) is 2.30. The van der Waals surface area contributed by atoms with E-state index >= 15 is 0 Å². The fraction of sp³-hybridized carbons (Fsp3) is 0.200. The Balaban J connectivity index is 1.87. The highest BCUT2D eigenvalue weighted by atomic mass is 19.4. The van der Waals surface area contributed by atoms with E-state index in [-0.39, 0.29) is 6.61 Å². The number of alkyl halides is 3. The third-order valence-corrected chi connectivity index (χ3v) is 2.62. The van der Waals surface area contributed by atoms with Crippen LogP contribution in [0.5, 0.6) is 5.75 Å². The molecule has 22 heavy (non-hydrogen) atoms. The number of carbonyl (C=O) groups is 1. The SMILES string of the molecule is O=C(NCC#CCOc1cccc2cccnc12)C(F)(F)F. The number of fused-ring (bicyclic) bond motifs is 1. The monoisotopic (exact) mass is 308 g/mol. The summed E-state index contributed by atoms with van der Waals surface area (Å²) >= 11 is 0. The number of rotatable bonds is 3. The molecule has 0 atom stereocenters. The van der Waals surface area contributed by atoms with Gasteiger partial charge in [0.1, 0.15) is 17.9 Å². The number of para-hydroxylation sites is 1. The number of pyridine rings is 1. The zero-order valence-electron chi connectivity index (χ0n) is 11.3. The molecule has 0 saturated carbocycles. The first kappa shape index (κ1) is 15.6. The minimum atomic E-state index is -4.90. The van der Waals surface area contributed by atoms with Crippen molar-refractivity contribution in [1.82, 2.24) is 10.3 Å². The molecule has 1 N–H and O–H groups in total. The molecule has 4 nitrogen and oxygen atoms in total. The number of aromatic nitrogens is 1. The zero-order chi connectivity index (χ0) is 16.0. The van der Waals surface area contributed by atoms with Crippen LogP contribution in [0.4, 0.5) is 13.2 Å². The quantitative estimate of drug-likeness (QED) is 0.885. The first-order valence-electron chi connectivity index (χ1n) is 6.26. The van der Waals surface area contributed by atoms with Gasteiger partial charge in [0.25, 0.3) is 0 Å². The highest BCUT2D eigenvalue weighted by Crippen LogP contribution is 2.22. The highest BCUT2D eigenvalue weighted by molar-refractivity contribution is 5.84. The fourth-order valence-electron chi connectivity index (χ4n) is 1.64. The molecule has 1 aromatic heterocycles. The largest absolute Gasteiger partial charge is 0.479 e. The van der Waals surface area contributed by atoms with E-state index in [1.807, 2.05) is 12.1 Å². The number of halogens is 3. The number of nitrogens with one attached hydrogen (secondary N) is 1. The van der Waals surface area contributed by atoms with Gasteiger partial charge in [0, 0.05) is 11.6 Å². The Morgan fingerprint density at radius 3 is 2.77 bits per heavy atom. The minimum Gasteiger partial charge on any atom is -0.479 e. The van der Waals surface area contributed by atoms with Crippen molar-refractivity contribution in [2.45, 2.75) is 6.18 Å². The molecule has 0 bridgehead atoms. The van der Waals surface area contributed by atoms with Crippen LogP contribution in [0.1, 0.15) is 0 Å². The van der Waals surface area contributed by atoms with Crippen LogP contribution in [0.3, 0.4) is 0 Å². The molecule has 1 amide bonds. The average Bonchev–Trinajstić information content (AvgIpc) is 2.49. The molecule has 0 fully saturated rings. The molecule has 2 rings (SSSR count). The molecule has 0 radical (unpaired) electrons. The van der Waals surface area contributed by atoms with E-state index in [1.165, 1.54) is 0 Å². The van der Waals surface area contributed by atoms with Crippen LogP contribution in [-0.4, -0.2) is 30.2 Å². The van der Waals surface area contributed by atoms with Gasteiger partial charge in [-0.05, 0) is 12.1 Å². The molecule has 0 saturated heterocycles. The Morgan fingerprint density at radius 2 is 2.00 bits per heavy atom. The number of nitrogens with zero attached hydrogens (tertiary/aromatic N) is 1. The Labute approximate surface area is 124 Å². The third kappa shape index (κ3) is 4.12. The van der Waals surface area contributed by atoms with Crippen molar-refractivity contribution >= 4 is 16.8 Å². The summed E-state index contributed by atoms with van der Waals surface area (Å²) in [4.78, 5) is 14.7. The maximum Gasteiger partial charge on any atom is 0.471 e. The molecule has 0 aliphatic carbocycles. The van der Waals surface area contributed by atoms with E-state index in [1.54, 1.807) is 29.7 Å². The van der Waals surface area contributed by atoms with Crippen LogP contribution in [0.15, 0.2) is 36.5 Å². The van der Waals surface area contributed by atoms with Crippen molar-refractivity contribution in [3.8, 4) is 17.6 Å². The number of hydrogen-bond donors (Lipinski definition) is 1. The zero-order valence-corrected chi connectivity index (χ0v) is 11.3. The van der Waals surface area contributed by atoms with Crippen LogP contribution in [0.2, 0.25) is 0 Å². The Hall–Kier alpha value is -2.75. The first-order valence-corrected chi connectivity index (χ1v) is 6.26. The molecule has 0 aliphatic heterocycles. The molecule has 0 aliphatic rings. The fourth-order valence-corrected chi connectivity index (χ4v) is 1.64. The van der Waals surface area contributed by atoms with Crippen LogP contribution in [-0.2, 0) is 4.79 Å². The highest BCUT2D eigenvalue weighted by Gasteiger charge is 2.38. The lowest BCUT2D eigenvalue weighted by Crippen LogP contribution is -2.36. The molecular weight excluding hydrogens is 297 g/mol. The van der Waals surface area contributed by atoms with Gasteiger partial charge < -0.3 is 10.1 Å². The lowest BCUT2D eigenvalue weighted by Gasteiger charge is -2.05. The van der Waals surface area contributed by atoms with Gasteiger partial charge in [-0.1, -0.05) is 30.0 Å². The van der Waals surface area contributed by atoms with E-state index in [0.717, 1.165) is 5.39 Å². The van der Waals surface area contributed by atoms with Gasteiger partial charge in [0.15, 0.2) is 0 Å². The Morgan fingerprint density at radius 1 is 1.23 bits per heavy atom. The summed E-state index contributed by atoms with van der Waals surface area (Å²) in [6.45, 7) is -0.410. The second-order valence-electron chi connectivity index (χ2n) is 4.15. The summed E-state index contributed by atoms with van der Waals surface area (Å²) in [5.74, 6) is 3.42.